The molecule has 2 aromatic carbocycles. The summed E-state index contributed by atoms with van der Waals surface area (Å²) in [5, 5.41) is 23.2. The Bertz CT molecular complexity index is 967. The number of carboxylic acids is 1. The molecule has 8 nitrogen and oxygen atoms in total. The van der Waals surface area contributed by atoms with Gasteiger partial charge in [-0.25, -0.2) is 14.5 Å². The van der Waals surface area contributed by atoms with Gasteiger partial charge in [-0.1, -0.05) is 74.5 Å². The summed E-state index contributed by atoms with van der Waals surface area (Å²) in [5.74, 6) is -2.13. The molecule has 0 radical (unpaired) electrons. The number of hydrogen-bond donors (Lipinski definition) is 3. The standard InChI is InChI=1S/C26H33N3O5/c1-18(2)23(27-22(30)16-20-12-7-4-8-13-20)24(31)29-21(25(32)33)17-28(26(29)34)15-9-14-19-10-5-3-6-11-19/h3-8,10-13,18,21-23,27,30H,9,14-17H2,1-2H3,(H,32,33). The van der Waals surface area contributed by atoms with Gasteiger partial charge in [-0.05, 0) is 29.9 Å². The number of nitrogens with one attached hydrogen (secondary N) is 1. The molecule has 0 aliphatic carbocycles. The first-order chi connectivity index (χ1) is 16.3. The number of aliphatic hydroxyl groups is 1. The van der Waals surface area contributed by atoms with Crippen molar-refractivity contribution in [1.82, 2.24) is 15.1 Å². The molecule has 3 N–H and O–H groups in total. The molecule has 3 atom stereocenters. The van der Waals surface area contributed by atoms with E-state index in [0.29, 0.717) is 13.0 Å². The molecule has 1 aliphatic rings. The lowest BCUT2D eigenvalue weighted by molar-refractivity contribution is -0.147. The van der Waals surface area contributed by atoms with Crippen LogP contribution < -0.4 is 5.32 Å². The van der Waals surface area contributed by atoms with Gasteiger partial charge in [0.15, 0.2) is 6.04 Å². The van der Waals surface area contributed by atoms with Gasteiger partial charge in [0.25, 0.3) is 0 Å². The highest BCUT2D eigenvalue weighted by Crippen LogP contribution is 2.21. The predicted octanol–water partition coefficient (Wildman–Crippen LogP) is 2.51. The van der Waals surface area contributed by atoms with Crippen LogP contribution in [-0.4, -0.2) is 69.3 Å². The number of amides is 3. The van der Waals surface area contributed by atoms with Crippen molar-refractivity contribution in [3.8, 4) is 0 Å². The molecule has 0 aromatic heterocycles. The Morgan fingerprint density at radius 1 is 1.03 bits per heavy atom. The van der Waals surface area contributed by atoms with Crippen LogP contribution in [0.1, 0.15) is 31.4 Å². The van der Waals surface area contributed by atoms with Crippen LogP contribution in [0.5, 0.6) is 0 Å². The number of imide groups is 1. The smallest absolute Gasteiger partial charge is 0.328 e. The number of hydrogen-bond acceptors (Lipinski definition) is 5. The number of rotatable bonds is 11. The van der Waals surface area contributed by atoms with E-state index in [2.05, 4.69) is 5.32 Å². The van der Waals surface area contributed by atoms with Crippen molar-refractivity contribution in [3.05, 3.63) is 71.8 Å². The number of carbonyl (C=O) groups is 3. The summed E-state index contributed by atoms with van der Waals surface area (Å²) in [5.41, 5.74) is 2.02. The van der Waals surface area contributed by atoms with Crippen LogP contribution in [0.2, 0.25) is 0 Å². The van der Waals surface area contributed by atoms with Crippen LogP contribution in [0.3, 0.4) is 0 Å². The summed E-state index contributed by atoms with van der Waals surface area (Å²) < 4.78 is 0. The van der Waals surface area contributed by atoms with Gasteiger partial charge >= 0.3 is 12.0 Å². The Labute approximate surface area is 200 Å². The van der Waals surface area contributed by atoms with Gasteiger partial charge < -0.3 is 15.1 Å². The first kappa shape index (κ1) is 25.4. The quantitative estimate of drug-likeness (QED) is 0.438. The van der Waals surface area contributed by atoms with Crippen molar-refractivity contribution in [2.45, 2.75) is 51.4 Å². The second kappa shape index (κ2) is 11.8. The normalized spacial score (nSPS) is 17.8. The Morgan fingerprint density at radius 2 is 1.62 bits per heavy atom. The first-order valence-corrected chi connectivity index (χ1v) is 11.6. The van der Waals surface area contributed by atoms with Crippen molar-refractivity contribution in [1.29, 1.82) is 0 Å². The molecule has 1 fully saturated rings. The number of nitrogens with zero attached hydrogens (tertiary/aromatic N) is 2. The number of urea groups is 1. The minimum Gasteiger partial charge on any atom is -0.480 e. The van der Waals surface area contributed by atoms with E-state index in [1.807, 2.05) is 60.7 Å². The van der Waals surface area contributed by atoms with Gasteiger partial charge in [-0.15, -0.1) is 0 Å². The zero-order chi connectivity index (χ0) is 24.7. The summed E-state index contributed by atoms with van der Waals surface area (Å²) in [6.07, 6.45) is 0.658. The molecule has 34 heavy (non-hydrogen) atoms. The second-order valence-corrected chi connectivity index (χ2v) is 8.97. The summed E-state index contributed by atoms with van der Waals surface area (Å²) in [7, 11) is 0. The van der Waals surface area contributed by atoms with E-state index in [4.69, 9.17) is 0 Å². The van der Waals surface area contributed by atoms with Gasteiger partial charge in [-0.3, -0.25) is 10.1 Å². The second-order valence-electron chi connectivity index (χ2n) is 8.97. The SMILES string of the molecule is CC(C)C(NC(O)Cc1ccccc1)C(=O)N1C(=O)N(CCCc2ccccc2)CC1C(=O)O. The Morgan fingerprint density at radius 3 is 2.18 bits per heavy atom. The van der Waals surface area contributed by atoms with E-state index in [1.165, 1.54) is 4.90 Å². The first-order valence-electron chi connectivity index (χ1n) is 11.6. The van der Waals surface area contributed by atoms with E-state index in [0.717, 1.165) is 22.4 Å². The molecule has 8 heteroatoms. The highest BCUT2D eigenvalue weighted by Gasteiger charge is 2.47. The largest absolute Gasteiger partial charge is 0.480 e. The number of carbonyl (C=O) groups excluding carboxylic acids is 2. The molecule has 3 unspecified atom stereocenters. The zero-order valence-corrected chi connectivity index (χ0v) is 19.6. The number of aliphatic hydroxyl groups excluding tert-OH is 1. The van der Waals surface area contributed by atoms with Gasteiger partial charge in [0.1, 0.15) is 6.23 Å². The van der Waals surface area contributed by atoms with Crippen molar-refractivity contribution in [3.63, 3.8) is 0 Å². The maximum atomic E-state index is 13.4. The highest BCUT2D eigenvalue weighted by atomic mass is 16.4. The van der Waals surface area contributed by atoms with Crippen LogP contribution in [0, 0.1) is 5.92 Å². The summed E-state index contributed by atoms with van der Waals surface area (Å²) in [6, 6.07) is 16.4. The molecule has 1 heterocycles. The molecule has 182 valence electrons. The van der Waals surface area contributed by atoms with E-state index >= 15 is 0 Å². The third-order valence-electron chi connectivity index (χ3n) is 6.02. The maximum absolute atomic E-state index is 13.4. The predicted molar refractivity (Wildman–Crippen MR) is 128 cm³/mol. The van der Waals surface area contributed by atoms with Gasteiger partial charge in [-0.2, -0.15) is 0 Å². The van der Waals surface area contributed by atoms with Crippen molar-refractivity contribution >= 4 is 17.9 Å². The highest BCUT2D eigenvalue weighted by molar-refractivity contribution is 6.03. The molecule has 1 aliphatic heterocycles. The van der Waals surface area contributed by atoms with Gasteiger partial charge in [0, 0.05) is 13.0 Å². The van der Waals surface area contributed by atoms with Crippen molar-refractivity contribution < 1.29 is 24.6 Å². The van der Waals surface area contributed by atoms with E-state index in [9.17, 15) is 24.6 Å². The van der Waals surface area contributed by atoms with Crippen LogP contribution >= 0.6 is 0 Å². The van der Waals surface area contributed by atoms with Crippen molar-refractivity contribution in [2.24, 2.45) is 5.92 Å². The number of carboxylic acid groups (broad SMARTS) is 1. The number of benzene rings is 2. The number of aliphatic carboxylic acids is 1. The van der Waals surface area contributed by atoms with Gasteiger partial charge in [0.2, 0.25) is 5.91 Å². The zero-order valence-electron chi connectivity index (χ0n) is 19.6. The van der Waals surface area contributed by atoms with Crippen LogP contribution in [-0.2, 0) is 22.4 Å². The lowest BCUT2D eigenvalue weighted by atomic mass is 10.0. The fourth-order valence-electron chi connectivity index (χ4n) is 4.20. The van der Waals surface area contributed by atoms with E-state index in [-0.39, 0.29) is 18.9 Å². The summed E-state index contributed by atoms with van der Waals surface area (Å²) in [6.45, 7) is 3.89. The summed E-state index contributed by atoms with van der Waals surface area (Å²) >= 11 is 0. The Hall–Kier alpha value is -3.23. The fourth-order valence-corrected chi connectivity index (χ4v) is 4.20. The molecule has 3 amide bonds. The van der Waals surface area contributed by atoms with Gasteiger partial charge in [0.05, 0.1) is 12.6 Å². The molecule has 2 aromatic rings. The molecule has 3 rings (SSSR count). The summed E-state index contributed by atoms with van der Waals surface area (Å²) in [4.78, 5) is 40.7. The molecule has 0 spiro atoms. The lowest BCUT2D eigenvalue weighted by Gasteiger charge is -2.29. The molecule has 0 bridgehead atoms. The molecular weight excluding hydrogens is 434 g/mol. The minimum atomic E-state index is -1.26. The van der Waals surface area contributed by atoms with Crippen molar-refractivity contribution in [2.75, 3.05) is 13.1 Å². The maximum Gasteiger partial charge on any atom is 0.328 e. The molecular formula is C26H33N3O5. The average Bonchev–Trinajstić information content (AvgIpc) is 3.14. The Kier molecular flexibility index (Phi) is 8.79. The Balaban J connectivity index is 1.67. The van der Waals surface area contributed by atoms with E-state index in [1.54, 1.807) is 13.8 Å². The number of aryl methyl sites for hydroxylation is 1. The average molecular weight is 468 g/mol. The monoisotopic (exact) mass is 467 g/mol. The minimum absolute atomic E-state index is 0.0495. The lowest BCUT2D eigenvalue weighted by Crippen LogP contribution is -2.56. The van der Waals surface area contributed by atoms with Crippen LogP contribution in [0.4, 0.5) is 4.79 Å². The molecule has 1 saturated heterocycles. The van der Waals surface area contributed by atoms with Crippen LogP contribution in [0.15, 0.2) is 60.7 Å². The fraction of sp³-hybridized carbons (Fsp3) is 0.423. The topological polar surface area (TPSA) is 110 Å². The van der Waals surface area contributed by atoms with Crippen LogP contribution in [0.25, 0.3) is 0 Å². The third kappa shape index (κ3) is 6.42. The molecule has 0 saturated carbocycles. The third-order valence-corrected chi connectivity index (χ3v) is 6.02. The van der Waals surface area contributed by atoms with E-state index < -0.39 is 36.2 Å².